The standard InChI is InChI=1S/C14H15N5O3S/c1-8(20)10-5-4-9(19(21)22)6-11(10)23-14-12(15)13(18(2)3)16-7-17-14/h4-7H,15H2,1-3H3. The summed E-state index contributed by atoms with van der Waals surface area (Å²) in [5.74, 6) is 0.347. The van der Waals surface area contributed by atoms with Gasteiger partial charge in [0.2, 0.25) is 0 Å². The third kappa shape index (κ3) is 3.57. The van der Waals surface area contributed by atoms with Crippen molar-refractivity contribution in [3.63, 3.8) is 0 Å². The van der Waals surface area contributed by atoms with Crippen LogP contribution in [0.2, 0.25) is 0 Å². The molecule has 0 bridgehead atoms. The molecule has 2 N–H and O–H groups in total. The number of aromatic nitrogens is 2. The average molecular weight is 333 g/mol. The van der Waals surface area contributed by atoms with E-state index in [9.17, 15) is 14.9 Å². The molecule has 0 atom stereocenters. The first-order valence-electron chi connectivity index (χ1n) is 6.56. The molecule has 0 aliphatic heterocycles. The van der Waals surface area contributed by atoms with Gasteiger partial charge in [0.1, 0.15) is 17.0 Å². The Morgan fingerprint density at radius 1 is 1.35 bits per heavy atom. The fraction of sp³-hybridized carbons (Fsp3) is 0.214. The van der Waals surface area contributed by atoms with Gasteiger partial charge in [0.05, 0.1) is 4.92 Å². The predicted molar refractivity (Wildman–Crippen MR) is 88.0 cm³/mol. The van der Waals surface area contributed by atoms with Crippen molar-refractivity contribution >= 4 is 34.7 Å². The highest BCUT2D eigenvalue weighted by atomic mass is 32.2. The van der Waals surface area contributed by atoms with Crippen molar-refractivity contribution < 1.29 is 9.72 Å². The number of carbonyl (C=O) groups is 1. The SMILES string of the molecule is CC(=O)c1ccc([N+](=O)[O-])cc1Sc1ncnc(N(C)C)c1N. The van der Waals surface area contributed by atoms with Gasteiger partial charge in [-0.2, -0.15) is 0 Å². The van der Waals surface area contributed by atoms with Crippen LogP contribution in [0.3, 0.4) is 0 Å². The maximum Gasteiger partial charge on any atom is 0.270 e. The van der Waals surface area contributed by atoms with Gasteiger partial charge in [-0.25, -0.2) is 9.97 Å². The van der Waals surface area contributed by atoms with Gasteiger partial charge in [-0.05, 0) is 13.0 Å². The summed E-state index contributed by atoms with van der Waals surface area (Å²) in [5.41, 5.74) is 6.68. The Labute approximate surface area is 136 Å². The van der Waals surface area contributed by atoms with Crippen LogP contribution in [0, 0.1) is 10.1 Å². The zero-order valence-electron chi connectivity index (χ0n) is 12.8. The molecule has 0 aliphatic carbocycles. The van der Waals surface area contributed by atoms with Crippen LogP contribution in [0.5, 0.6) is 0 Å². The summed E-state index contributed by atoms with van der Waals surface area (Å²) < 4.78 is 0. The molecule has 0 spiro atoms. The number of benzene rings is 1. The van der Waals surface area contributed by atoms with E-state index < -0.39 is 4.92 Å². The van der Waals surface area contributed by atoms with Crippen molar-refractivity contribution in [3.8, 4) is 0 Å². The molecule has 0 amide bonds. The van der Waals surface area contributed by atoms with Gasteiger partial charge in [0.25, 0.3) is 5.69 Å². The van der Waals surface area contributed by atoms with Crippen molar-refractivity contribution in [2.24, 2.45) is 0 Å². The van der Waals surface area contributed by atoms with Gasteiger partial charge in [0, 0.05) is 36.7 Å². The molecule has 0 unspecified atom stereocenters. The topological polar surface area (TPSA) is 115 Å². The van der Waals surface area contributed by atoms with E-state index in [1.54, 1.807) is 19.0 Å². The van der Waals surface area contributed by atoms with Crippen LogP contribution in [-0.2, 0) is 0 Å². The van der Waals surface area contributed by atoms with E-state index in [0.29, 0.717) is 27.0 Å². The average Bonchev–Trinajstić information content (AvgIpc) is 2.48. The third-order valence-electron chi connectivity index (χ3n) is 3.01. The van der Waals surface area contributed by atoms with E-state index in [4.69, 9.17) is 5.73 Å². The number of anilines is 2. The van der Waals surface area contributed by atoms with E-state index in [1.807, 2.05) is 0 Å². The summed E-state index contributed by atoms with van der Waals surface area (Å²) in [5, 5.41) is 11.4. The number of hydrogen-bond donors (Lipinski definition) is 1. The van der Waals surface area contributed by atoms with Crippen LogP contribution in [0.25, 0.3) is 0 Å². The quantitative estimate of drug-likeness (QED) is 0.384. The van der Waals surface area contributed by atoms with Crippen LogP contribution in [0.15, 0.2) is 34.4 Å². The first-order chi connectivity index (χ1) is 10.8. The molecule has 23 heavy (non-hydrogen) atoms. The number of hydrogen-bond acceptors (Lipinski definition) is 8. The van der Waals surface area contributed by atoms with Crippen molar-refractivity contribution in [2.45, 2.75) is 16.8 Å². The molecule has 1 heterocycles. The molecule has 2 rings (SSSR count). The molecular weight excluding hydrogens is 318 g/mol. The summed E-state index contributed by atoms with van der Waals surface area (Å²) in [4.78, 5) is 32.5. The first kappa shape index (κ1) is 16.7. The number of rotatable bonds is 5. The molecule has 2 aromatic rings. The van der Waals surface area contributed by atoms with Crippen molar-refractivity contribution in [3.05, 3.63) is 40.2 Å². The maximum absolute atomic E-state index is 11.7. The minimum absolute atomic E-state index is 0.0991. The lowest BCUT2D eigenvalue weighted by Gasteiger charge is -2.15. The Morgan fingerprint density at radius 3 is 2.61 bits per heavy atom. The van der Waals surface area contributed by atoms with E-state index in [1.165, 1.54) is 31.5 Å². The number of nitrogens with two attached hydrogens (primary N) is 1. The van der Waals surface area contributed by atoms with Crippen molar-refractivity contribution in [1.29, 1.82) is 0 Å². The normalized spacial score (nSPS) is 10.4. The van der Waals surface area contributed by atoms with E-state index in [-0.39, 0.29) is 11.5 Å². The molecule has 9 heteroatoms. The Hall–Kier alpha value is -2.68. The summed E-state index contributed by atoms with van der Waals surface area (Å²) >= 11 is 1.10. The summed E-state index contributed by atoms with van der Waals surface area (Å²) in [7, 11) is 3.59. The van der Waals surface area contributed by atoms with Crippen LogP contribution in [0.4, 0.5) is 17.2 Å². The molecule has 0 fully saturated rings. The summed E-state index contributed by atoms with van der Waals surface area (Å²) in [6, 6.07) is 4.08. The number of non-ortho nitro benzene ring substituents is 1. The number of nitrogen functional groups attached to an aromatic ring is 1. The van der Waals surface area contributed by atoms with Crippen LogP contribution < -0.4 is 10.6 Å². The smallest absolute Gasteiger partial charge is 0.270 e. The van der Waals surface area contributed by atoms with Gasteiger partial charge >= 0.3 is 0 Å². The fourth-order valence-corrected chi connectivity index (χ4v) is 2.92. The first-order valence-corrected chi connectivity index (χ1v) is 7.38. The van der Waals surface area contributed by atoms with E-state index in [0.717, 1.165) is 11.8 Å². The number of nitro groups is 1. The molecule has 0 saturated carbocycles. The Balaban J connectivity index is 2.51. The lowest BCUT2D eigenvalue weighted by molar-refractivity contribution is -0.385. The molecule has 1 aromatic carbocycles. The highest BCUT2D eigenvalue weighted by Crippen LogP contribution is 2.37. The Morgan fingerprint density at radius 2 is 2.04 bits per heavy atom. The zero-order chi connectivity index (χ0) is 17.1. The summed E-state index contributed by atoms with van der Waals surface area (Å²) in [6.07, 6.45) is 1.36. The van der Waals surface area contributed by atoms with Gasteiger partial charge in [-0.15, -0.1) is 0 Å². The highest BCUT2D eigenvalue weighted by Gasteiger charge is 2.18. The molecule has 0 aliphatic rings. The lowest BCUT2D eigenvalue weighted by atomic mass is 10.1. The van der Waals surface area contributed by atoms with Gasteiger partial charge < -0.3 is 10.6 Å². The minimum atomic E-state index is -0.511. The van der Waals surface area contributed by atoms with Crippen LogP contribution in [-0.4, -0.2) is 34.8 Å². The zero-order valence-corrected chi connectivity index (χ0v) is 13.6. The number of nitrogens with zero attached hydrogens (tertiary/aromatic N) is 4. The molecular formula is C14H15N5O3S. The second kappa shape index (κ2) is 6.61. The largest absolute Gasteiger partial charge is 0.394 e. The maximum atomic E-state index is 11.7. The van der Waals surface area contributed by atoms with Crippen LogP contribution >= 0.6 is 11.8 Å². The molecule has 0 saturated heterocycles. The van der Waals surface area contributed by atoms with E-state index >= 15 is 0 Å². The van der Waals surface area contributed by atoms with Gasteiger partial charge in [-0.1, -0.05) is 11.8 Å². The Bertz CT molecular complexity index is 779. The molecule has 0 radical (unpaired) electrons. The second-order valence-corrected chi connectivity index (χ2v) is 5.94. The van der Waals surface area contributed by atoms with Crippen LogP contribution in [0.1, 0.15) is 17.3 Å². The summed E-state index contributed by atoms with van der Waals surface area (Å²) in [6.45, 7) is 1.40. The lowest BCUT2D eigenvalue weighted by Crippen LogP contribution is -2.14. The highest BCUT2D eigenvalue weighted by molar-refractivity contribution is 7.99. The Kier molecular flexibility index (Phi) is 4.80. The third-order valence-corrected chi connectivity index (χ3v) is 4.09. The predicted octanol–water partition coefficient (Wildman–Crippen LogP) is 2.39. The monoisotopic (exact) mass is 333 g/mol. The number of ketones is 1. The fourth-order valence-electron chi connectivity index (χ4n) is 1.91. The number of nitro benzene ring substituents is 1. The molecule has 8 nitrogen and oxygen atoms in total. The van der Waals surface area contributed by atoms with Gasteiger partial charge in [0.15, 0.2) is 11.6 Å². The molecule has 1 aromatic heterocycles. The second-order valence-electron chi connectivity index (χ2n) is 4.91. The number of carbonyl (C=O) groups excluding carboxylic acids is 1. The van der Waals surface area contributed by atoms with Crippen molar-refractivity contribution in [1.82, 2.24) is 9.97 Å². The van der Waals surface area contributed by atoms with E-state index in [2.05, 4.69) is 9.97 Å². The van der Waals surface area contributed by atoms with Crippen molar-refractivity contribution in [2.75, 3.05) is 24.7 Å². The number of Topliss-reactive ketones (excluding diaryl/α,β-unsaturated/α-hetero) is 1. The minimum Gasteiger partial charge on any atom is -0.394 e. The van der Waals surface area contributed by atoms with Gasteiger partial charge in [-0.3, -0.25) is 14.9 Å². The molecule has 120 valence electrons.